The molecule has 7 nitrogen and oxygen atoms in total. The van der Waals surface area contributed by atoms with Crippen molar-refractivity contribution in [3.63, 3.8) is 0 Å². The Morgan fingerprint density at radius 3 is 2.48 bits per heavy atom. The van der Waals surface area contributed by atoms with Gasteiger partial charge in [-0.2, -0.15) is 0 Å². The van der Waals surface area contributed by atoms with Crippen molar-refractivity contribution in [3.05, 3.63) is 63.3 Å². The van der Waals surface area contributed by atoms with Crippen molar-refractivity contribution >= 4 is 45.3 Å². The van der Waals surface area contributed by atoms with Gasteiger partial charge in [0, 0.05) is 36.3 Å². The van der Waals surface area contributed by atoms with E-state index >= 15 is 0 Å². The van der Waals surface area contributed by atoms with Gasteiger partial charge in [0.15, 0.2) is 5.13 Å². The minimum Gasteiger partial charge on any atom is -0.373 e. The molecule has 3 heterocycles. The molecule has 162 valence electrons. The van der Waals surface area contributed by atoms with Crippen LogP contribution < -0.4 is 10.6 Å². The second-order valence-electron chi connectivity index (χ2n) is 7.56. The van der Waals surface area contributed by atoms with E-state index in [9.17, 15) is 9.59 Å². The Morgan fingerprint density at radius 1 is 1.06 bits per heavy atom. The third kappa shape index (κ3) is 5.76. The van der Waals surface area contributed by atoms with Crippen molar-refractivity contribution in [2.24, 2.45) is 0 Å². The second-order valence-corrected chi connectivity index (χ2v) is 9.36. The molecule has 2 N–H and O–H groups in total. The van der Waals surface area contributed by atoms with E-state index in [1.807, 2.05) is 16.8 Å². The third-order valence-corrected chi connectivity index (χ3v) is 6.48. The van der Waals surface area contributed by atoms with Crippen LogP contribution in [-0.2, 0) is 11.3 Å². The first kappa shape index (κ1) is 21.6. The summed E-state index contributed by atoms with van der Waals surface area (Å²) in [5, 5.41) is 10.1. The number of anilines is 2. The summed E-state index contributed by atoms with van der Waals surface area (Å²) in [5.41, 5.74) is 2.08. The van der Waals surface area contributed by atoms with E-state index in [2.05, 4.69) is 34.4 Å². The van der Waals surface area contributed by atoms with E-state index in [4.69, 9.17) is 4.74 Å². The normalized spacial score (nSPS) is 19.2. The van der Waals surface area contributed by atoms with Gasteiger partial charge in [-0.1, -0.05) is 6.07 Å². The topological polar surface area (TPSA) is 83.6 Å². The van der Waals surface area contributed by atoms with Crippen LogP contribution in [0.1, 0.15) is 39.6 Å². The summed E-state index contributed by atoms with van der Waals surface area (Å²) < 4.78 is 5.77. The Hall–Kier alpha value is -2.59. The summed E-state index contributed by atoms with van der Waals surface area (Å²) in [4.78, 5) is 32.2. The van der Waals surface area contributed by atoms with Crippen LogP contribution in [-0.4, -0.2) is 47.0 Å². The summed E-state index contributed by atoms with van der Waals surface area (Å²) in [6.45, 7) is 6.64. The fourth-order valence-corrected chi connectivity index (χ4v) is 4.87. The smallest absolute Gasteiger partial charge is 0.265 e. The van der Waals surface area contributed by atoms with Gasteiger partial charge in [0.2, 0.25) is 0 Å². The fraction of sp³-hybridized carbons (Fsp3) is 0.318. The molecular formula is C22H24N4O3S2. The van der Waals surface area contributed by atoms with Gasteiger partial charge in [-0.15, -0.1) is 22.7 Å². The third-order valence-electron chi connectivity index (χ3n) is 4.80. The molecule has 1 fully saturated rings. The van der Waals surface area contributed by atoms with E-state index in [1.54, 1.807) is 30.3 Å². The van der Waals surface area contributed by atoms with Crippen molar-refractivity contribution in [1.29, 1.82) is 0 Å². The molecule has 9 heteroatoms. The van der Waals surface area contributed by atoms with Gasteiger partial charge < -0.3 is 10.1 Å². The van der Waals surface area contributed by atoms with Crippen LogP contribution in [0.15, 0.2) is 47.2 Å². The highest BCUT2D eigenvalue weighted by Gasteiger charge is 2.23. The predicted molar refractivity (Wildman–Crippen MR) is 124 cm³/mol. The first-order valence-electron chi connectivity index (χ1n) is 10.0. The lowest BCUT2D eigenvalue weighted by Crippen LogP contribution is -2.44. The Kier molecular flexibility index (Phi) is 6.77. The number of thiophene rings is 1. The van der Waals surface area contributed by atoms with Gasteiger partial charge in [0.05, 0.1) is 22.8 Å². The summed E-state index contributed by atoms with van der Waals surface area (Å²) in [7, 11) is 0. The summed E-state index contributed by atoms with van der Waals surface area (Å²) in [6, 6.07) is 10.4. The fourth-order valence-electron chi connectivity index (χ4n) is 3.55. The first-order chi connectivity index (χ1) is 15.0. The predicted octanol–water partition coefficient (Wildman–Crippen LogP) is 4.32. The molecule has 3 aromatic rings. The average Bonchev–Trinajstić information content (AvgIpc) is 3.40. The van der Waals surface area contributed by atoms with Crippen LogP contribution in [0.5, 0.6) is 0 Å². The lowest BCUT2D eigenvalue weighted by Gasteiger charge is -2.34. The summed E-state index contributed by atoms with van der Waals surface area (Å²) >= 11 is 2.80. The Morgan fingerprint density at radius 2 is 1.81 bits per heavy atom. The molecule has 1 aliphatic heterocycles. The van der Waals surface area contributed by atoms with Gasteiger partial charge >= 0.3 is 0 Å². The molecule has 4 rings (SSSR count). The number of rotatable bonds is 6. The zero-order valence-electron chi connectivity index (χ0n) is 17.3. The number of morpholine rings is 1. The maximum Gasteiger partial charge on any atom is 0.265 e. The quantitative estimate of drug-likeness (QED) is 0.577. The molecule has 2 aromatic heterocycles. The average molecular weight is 457 g/mol. The molecule has 1 aromatic carbocycles. The molecule has 0 bridgehead atoms. The van der Waals surface area contributed by atoms with Crippen molar-refractivity contribution < 1.29 is 14.3 Å². The highest BCUT2D eigenvalue weighted by atomic mass is 32.1. The number of hydrogen-bond acceptors (Lipinski definition) is 7. The minimum atomic E-state index is -0.231. The zero-order valence-corrected chi connectivity index (χ0v) is 19.0. The number of aromatic nitrogens is 1. The Balaban J connectivity index is 1.32. The zero-order chi connectivity index (χ0) is 21.8. The molecule has 2 amide bonds. The molecule has 2 unspecified atom stereocenters. The van der Waals surface area contributed by atoms with Gasteiger partial charge in [0.25, 0.3) is 11.8 Å². The van der Waals surface area contributed by atoms with E-state index in [0.29, 0.717) is 21.3 Å². The highest BCUT2D eigenvalue weighted by molar-refractivity contribution is 7.14. The molecule has 0 aliphatic carbocycles. The SMILES string of the molecule is CC1CN(Cc2csc(NC(=O)c3ccc(NC(=O)c4cccs4)cc3)n2)CC(C)O1. The van der Waals surface area contributed by atoms with Crippen LogP contribution in [0.2, 0.25) is 0 Å². The lowest BCUT2D eigenvalue weighted by molar-refractivity contribution is -0.0707. The van der Waals surface area contributed by atoms with E-state index in [1.165, 1.54) is 22.7 Å². The van der Waals surface area contributed by atoms with Crippen LogP contribution in [0, 0.1) is 0 Å². The van der Waals surface area contributed by atoms with Crippen molar-refractivity contribution in [2.45, 2.75) is 32.6 Å². The number of benzene rings is 1. The monoisotopic (exact) mass is 456 g/mol. The molecule has 1 saturated heterocycles. The lowest BCUT2D eigenvalue weighted by atomic mass is 10.2. The van der Waals surface area contributed by atoms with Crippen LogP contribution in [0.4, 0.5) is 10.8 Å². The van der Waals surface area contributed by atoms with Gasteiger partial charge in [0.1, 0.15) is 0 Å². The first-order valence-corrected chi connectivity index (χ1v) is 11.8. The van der Waals surface area contributed by atoms with E-state index in [-0.39, 0.29) is 24.0 Å². The number of amides is 2. The number of carbonyl (C=O) groups is 2. The summed E-state index contributed by atoms with van der Waals surface area (Å²) in [5.74, 6) is -0.391. The Bertz CT molecular complexity index is 1020. The second kappa shape index (κ2) is 9.69. The number of carbonyl (C=O) groups excluding carboxylic acids is 2. The number of hydrogen-bond donors (Lipinski definition) is 2. The van der Waals surface area contributed by atoms with Crippen LogP contribution >= 0.6 is 22.7 Å². The van der Waals surface area contributed by atoms with Crippen LogP contribution in [0.25, 0.3) is 0 Å². The molecule has 0 spiro atoms. The van der Waals surface area contributed by atoms with E-state index in [0.717, 1.165) is 25.3 Å². The summed E-state index contributed by atoms with van der Waals surface area (Å²) in [6.07, 6.45) is 0.416. The van der Waals surface area contributed by atoms with Gasteiger partial charge in [-0.25, -0.2) is 4.98 Å². The molecular weight excluding hydrogens is 432 g/mol. The maximum absolute atomic E-state index is 12.6. The standard InChI is InChI=1S/C22H24N4O3S2/c1-14-10-26(11-15(2)29-14)12-18-13-31-22(24-18)25-20(27)16-5-7-17(8-6-16)23-21(28)19-4-3-9-30-19/h3-9,13-15H,10-12H2,1-2H3,(H,23,28)(H,24,25,27). The van der Waals surface area contributed by atoms with Gasteiger partial charge in [-0.05, 0) is 49.6 Å². The number of ether oxygens (including phenoxy) is 1. The number of nitrogens with zero attached hydrogens (tertiary/aromatic N) is 2. The van der Waals surface area contributed by atoms with Crippen molar-refractivity contribution in [3.8, 4) is 0 Å². The highest BCUT2D eigenvalue weighted by Crippen LogP contribution is 2.20. The molecule has 2 atom stereocenters. The van der Waals surface area contributed by atoms with E-state index < -0.39 is 0 Å². The number of thiazole rings is 1. The largest absolute Gasteiger partial charge is 0.373 e. The maximum atomic E-state index is 12.6. The van der Waals surface area contributed by atoms with Crippen molar-refractivity contribution in [2.75, 3.05) is 23.7 Å². The van der Waals surface area contributed by atoms with Gasteiger partial charge in [-0.3, -0.25) is 19.8 Å². The van der Waals surface area contributed by atoms with Crippen molar-refractivity contribution in [1.82, 2.24) is 9.88 Å². The Labute approximate surface area is 189 Å². The number of nitrogens with one attached hydrogen (secondary N) is 2. The molecule has 1 aliphatic rings. The van der Waals surface area contributed by atoms with Crippen LogP contribution in [0.3, 0.4) is 0 Å². The molecule has 0 radical (unpaired) electrons. The molecule has 0 saturated carbocycles. The molecule has 31 heavy (non-hydrogen) atoms. The minimum absolute atomic E-state index is 0.161.